The monoisotopic (exact) mass is 329 g/mol. The number of hydrogen-bond acceptors (Lipinski definition) is 4. The second-order valence-corrected chi connectivity index (χ2v) is 5.31. The largest absolute Gasteiger partial charge is 0.485 e. The molecule has 0 saturated heterocycles. The maximum Gasteiger partial charge on any atom is 0.328 e. The summed E-state index contributed by atoms with van der Waals surface area (Å²) in [4.78, 5) is 14.7. The molecule has 2 rings (SSSR count). The third-order valence-electron chi connectivity index (χ3n) is 2.29. The zero-order valence-electron chi connectivity index (χ0n) is 10.0. The van der Waals surface area contributed by atoms with Gasteiger partial charge in [0.05, 0.1) is 16.2 Å². The highest BCUT2D eigenvalue weighted by molar-refractivity contribution is 7.07. The van der Waals surface area contributed by atoms with Crippen LogP contribution in [0.25, 0.3) is 6.08 Å². The topological polar surface area (TPSA) is 59.4 Å². The molecule has 0 aliphatic heterocycles. The van der Waals surface area contributed by atoms with E-state index in [0.29, 0.717) is 21.4 Å². The van der Waals surface area contributed by atoms with Crippen LogP contribution in [-0.4, -0.2) is 16.1 Å². The van der Waals surface area contributed by atoms with Crippen molar-refractivity contribution in [3.8, 4) is 5.75 Å². The predicted octanol–water partition coefficient (Wildman–Crippen LogP) is 4.13. The van der Waals surface area contributed by atoms with Gasteiger partial charge >= 0.3 is 5.97 Å². The molecule has 0 aliphatic rings. The Balaban J connectivity index is 2.27. The van der Waals surface area contributed by atoms with E-state index >= 15 is 0 Å². The fourth-order valence-corrected chi connectivity index (χ4v) is 2.58. The number of aliphatic carboxylic acids is 1. The van der Waals surface area contributed by atoms with Gasteiger partial charge in [0.15, 0.2) is 0 Å². The molecule has 2 aromatic rings. The number of aromatic nitrogens is 1. The zero-order valence-corrected chi connectivity index (χ0v) is 12.4. The fourth-order valence-electron chi connectivity index (χ4n) is 1.47. The van der Waals surface area contributed by atoms with E-state index < -0.39 is 5.97 Å². The van der Waals surface area contributed by atoms with Gasteiger partial charge in [0.2, 0.25) is 0 Å². The molecule has 0 radical (unpaired) electrons. The molecule has 0 fully saturated rings. The second kappa shape index (κ2) is 6.74. The number of thiazole rings is 1. The summed E-state index contributed by atoms with van der Waals surface area (Å²) in [5.41, 5.74) is 2.97. The summed E-state index contributed by atoms with van der Waals surface area (Å²) in [6, 6.07) is 3.13. The van der Waals surface area contributed by atoms with Crippen LogP contribution in [-0.2, 0) is 11.4 Å². The van der Waals surface area contributed by atoms with Crippen molar-refractivity contribution in [2.24, 2.45) is 0 Å². The van der Waals surface area contributed by atoms with Crippen LogP contribution in [0, 0.1) is 0 Å². The number of nitrogens with zero attached hydrogens (tertiary/aromatic N) is 1. The zero-order chi connectivity index (χ0) is 14.5. The molecular formula is C13H9Cl2NO3S. The molecule has 0 amide bonds. The second-order valence-electron chi connectivity index (χ2n) is 3.75. The highest BCUT2D eigenvalue weighted by Crippen LogP contribution is 2.33. The van der Waals surface area contributed by atoms with Crippen molar-refractivity contribution in [3.05, 3.63) is 50.4 Å². The number of carbonyl (C=O) groups is 1. The van der Waals surface area contributed by atoms with Crippen LogP contribution in [0.5, 0.6) is 5.75 Å². The van der Waals surface area contributed by atoms with Gasteiger partial charge in [0.1, 0.15) is 12.4 Å². The van der Waals surface area contributed by atoms with Crippen molar-refractivity contribution in [2.45, 2.75) is 6.61 Å². The molecule has 0 spiro atoms. The molecule has 7 heteroatoms. The van der Waals surface area contributed by atoms with Gasteiger partial charge in [-0.3, -0.25) is 0 Å². The van der Waals surface area contributed by atoms with E-state index in [1.165, 1.54) is 23.5 Å². The van der Waals surface area contributed by atoms with E-state index in [1.54, 1.807) is 11.6 Å². The summed E-state index contributed by atoms with van der Waals surface area (Å²) < 4.78 is 5.61. The van der Waals surface area contributed by atoms with Crippen molar-refractivity contribution >= 4 is 46.6 Å². The first-order valence-electron chi connectivity index (χ1n) is 5.46. The summed E-state index contributed by atoms with van der Waals surface area (Å²) in [5, 5.41) is 11.3. The average Bonchev–Trinajstić information content (AvgIpc) is 2.88. The minimum Gasteiger partial charge on any atom is -0.485 e. The number of ether oxygens (including phenoxy) is 1. The van der Waals surface area contributed by atoms with Gasteiger partial charge in [-0.2, -0.15) is 0 Å². The molecule has 1 N–H and O–H groups in total. The molecule has 0 atom stereocenters. The van der Waals surface area contributed by atoms with Gasteiger partial charge in [-0.15, -0.1) is 11.3 Å². The Hall–Kier alpha value is -1.56. The summed E-state index contributed by atoms with van der Waals surface area (Å²) in [6.07, 6.45) is 2.38. The third-order valence-corrected chi connectivity index (χ3v) is 3.42. The normalized spacial score (nSPS) is 10.9. The van der Waals surface area contributed by atoms with Crippen molar-refractivity contribution in [3.63, 3.8) is 0 Å². The molecule has 1 heterocycles. The molecule has 0 aliphatic carbocycles. The van der Waals surface area contributed by atoms with Gasteiger partial charge in [-0.25, -0.2) is 9.78 Å². The molecule has 20 heavy (non-hydrogen) atoms. The minimum atomic E-state index is -1.06. The van der Waals surface area contributed by atoms with E-state index in [9.17, 15) is 4.79 Å². The van der Waals surface area contributed by atoms with Gasteiger partial charge in [0, 0.05) is 22.0 Å². The van der Waals surface area contributed by atoms with Crippen molar-refractivity contribution in [2.75, 3.05) is 0 Å². The first-order chi connectivity index (χ1) is 9.56. The Morgan fingerprint density at radius 2 is 2.25 bits per heavy atom. The number of carboxylic acid groups (broad SMARTS) is 1. The van der Waals surface area contributed by atoms with Crippen LogP contribution in [0.1, 0.15) is 11.3 Å². The highest BCUT2D eigenvalue weighted by atomic mass is 35.5. The van der Waals surface area contributed by atoms with Crippen molar-refractivity contribution < 1.29 is 14.6 Å². The van der Waals surface area contributed by atoms with Gasteiger partial charge in [0.25, 0.3) is 0 Å². The lowest BCUT2D eigenvalue weighted by Gasteiger charge is -2.10. The van der Waals surface area contributed by atoms with E-state index in [4.69, 9.17) is 33.0 Å². The third kappa shape index (κ3) is 3.96. The molecule has 0 saturated carbocycles. The molecule has 104 valence electrons. The average molecular weight is 330 g/mol. The summed E-state index contributed by atoms with van der Waals surface area (Å²) >= 11 is 13.4. The van der Waals surface area contributed by atoms with Crippen LogP contribution < -0.4 is 4.74 Å². The fraction of sp³-hybridized carbons (Fsp3) is 0.0769. The Morgan fingerprint density at radius 3 is 2.90 bits per heavy atom. The van der Waals surface area contributed by atoms with Crippen LogP contribution in [0.4, 0.5) is 0 Å². The van der Waals surface area contributed by atoms with Crippen molar-refractivity contribution in [1.29, 1.82) is 0 Å². The van der Waals surface area contributed by atoms with Crippen molar-refractivity contribution in [1.82, 2.24) is 4.98 Å². The van der Waals surface area contributed by atoms with Crippen LogP contribution in [0.3, 0.4) is 0 Å². The maximum atomic E-state index is 10.6. The number of benzene rings is 1. The smallest absolute Gasteiger partial charge is 0.328 e. The summed E-state index contributed by atoms with van der Waals surface area (Å²) in [6.45, 7) is 0.249. The van der Waals surface area contributed by atoms with Crippen LogP contribution in [0.15, 0.2) is 29.1 Å². The predicted molar refractivity (Wildman–Crippen MR) is 79.6 cm³/mol. The quantitative estimate of drug-likeness (QED) is 0.838. The van der Waals surface area contributed by atoms with E-state index in [0.717, 1.165) is 11.8 Å². The summed E-state index contributed by atoms with van der Waals surface area (Å²) in [5.74, 6) is -0.687. The lowest BCUT2D eigenvalue weighted by molar-refractivity contribution is -0.131. The maximum absolute atomic E-state index is 10.6. The Kier molecular flexibility index (Phi) is 5.00. The standard InChI is InChI=1S/C13H9Cl2NO3S/c14-9-3-8(1-2-12(17)18)13(11(15)4-9)19-5-10-6-20-7-16-10/h1-4,6-7H,5H2,(H,17,18)/b2-1+. The van der Waals surface area contributed by atoms with Crippen LogP contribution in [0.2, 0.25) is 10.0 Å². The molecular weight excluding hydrogens is 321 g/mol. The van der Waals surface area contributed by atoms with E-state index in [1.807, 2.05) is 5.38 Å². The van der Waals surface area contributed by atoms with Crippen LogP contribution >= 0.6 is 34.5 Å². The molecule has 0 bridgehead atoms. The van der Waals surface area contributed by atoms with Gasteiger partial charge < -0.3 is 9.84 Å². The van der Waals surface area contributed by atoms with E-state index in [2.05, 4.69) is 4.98 Å². The van der Waals surface area contributed by atoms with Gasteiger partial charge in [-0.1, -0.05) is 23.2 Å². The minimum absolute atomic E-state index is 0.249. The Morgan fingerprint density at radius 1 is 1.45 bits per heavy atom. The SMILES string of the molecule is O=C(O)/C=C/c1cc(Cl)cc(Cl)c1OCc1cscn1. The molecule has 0 unspecified atom stereocenters. The molecule has 1 aromatic carbocycles. The first-order valence-corrected chi connectivity index (χ1v) is 7.16. The molecule has 4 nitrogen and oxygen atoms in total. The lowest BCUT2D eigenvalue weighted by atomic mass is 10.2. The van der Waals surface area contributed by atoms with E-state index in [-0.39, 0.29) is 6.61 Å². The number of hydrogen-bond donors (Lipinski definition) is 1. The first kappa shape index (κ1) is 14.8. The molecule has 1 aromatic heterocycles. The number of halogens is 2. The lowest BCUT2D eigenvalue weighted by Crippen LogP contribution is -1.98. The Bertz CT molecular complexity index is 641. The Labute approximate surface area is 129 Å². The number of carboxylic acids is 1. The number of rotatable bonds is 5. The summed E-state index contributed by atoms with van der Waals surface area (Å²) in [7, 11) is 0. The van der Waals surface area contributed by atoms with Gasteiger partial charge in [-0.05, 0) is 18.2 Å². The highest BCUT2D eigenvalue weighted by Gasteiger charge is 2.10.